The van der Waals surface area contributed by atoms with E-state index in [9.17, 15) is 8.42 Å². The number of aryl methyl sites for hydroxylation is 1. The number of nitrogens with zero attached hydrogens (tertiary/aromatic N) is 1. The first-order chi connectivity index (χ1) is 9.43. The van der Waals surface area contributed by atoms with Crippen LogP contribution < -0.4 is 5.73 Å². The van der Waals surface area contributed by atoms with Gasteiger partial charge in [-0.2, -0.15) is 4.31 Å². The lowest BCUT2D eigenvalue weighted by atomic mass is 10.1. The molecule has 0 aliphatic rings. The third kappa shape index (κ3) is 4.05. The van der Waals surface area contributed by atoms with Gasteiger partial charge in [0.05, 0.1) is 18.0 Å². The zero-order valence-corrected chi connectivity index (χ0v) is 12.8. The molecule has 0 aromatic heterocycles. The first kappa shape index (κ1) is 16.7. The van der Waals surface area contributed by atoms with Crippen molar-refractivity contribution in [3.05, 3.63) is 29.3 Å². The molecule has 1 aromatic rings. The van der Waals surface area contributed by atoms with Crippen LogP contribution in [0.4, 0.5) is 0 Å². The van der Waals surface area contributed by atoms with Crippen molar-refractivity contribution in [2.45, 2.75) is 11.8 Å². The summed E-state index contributed by atoms with van der Waals surface area (Å²) in [5.74, 6) is 5.67. The van der Waals surface area contributed by atoms with Crippen LogP contribution in [0.15, 0.2) is 23.1 Å². The molecule has 0 heterocycles. The molecule has 0 bridgehead atoms. The van der Waals surface area contributed by atoms with E-state index in [0.717, 1.165) is 11.1 Å². The molecule has 0 aliphatic heterocycles. The Bertz CT molecular complexity index is 615. The first-order valence-electron chi connectivity index (χ1n) is 6.18. The van der Waals surface area contributed by atoms with Gasteiger partial charge < -0.3 is 10.5 Å². The summed E-state index contributed by atoms with van der Waals surface area (Å²) < 4.78 is 30.8. The van der Waals surface area contributed by atoms with Crippen molar-refractivity contribution in [1.82, 2.24) is 4.31 Å². The molecule has 0 saturated heterocycles. The molecule has 0 atom stereocenters. The van der Waals surface area contributed by atoms with Gasteiger partial charge >= 0.3 is 0 Å². The molecule has 1 aromatic carbocycles. The molecule has 1 rings (SSSR count). The molecule has 0 amide bonds. The summed E-state index contributed by atoms with van der Waals surface area (Å²) in [5.41, 5.74) is 6.92. The topological polar surface area (TPSA) is 72.6 Å². The van der Waals surface area contributed by atoms with Crippen LogP contribution in [0.25, 0.3) is 0 Å². The van der Waals surface area contributed by atoms with E-state index in [0.29, 0.717) is 13.2 Å². The molecule has 5 nitrogen and oxygen atoms in total. The summed E-state index contributed by atoms with van der Waals surface area (Å²) in [4.78, 5) is 0.256. The minimum atomic E-state index is -3.49. The van der Waals surface area contributed by atoms with E-state index in [2.05, 4.69) is 11.8 Å². The zero-order valence-electron chi connectivity index (χ0n) is 12.0. The molecule has 0 aliphatic carbocycles. The fourth-order valence-corrected chi connectivity index (χ4v) is 2.84. The average Bonchev–Trinajstić information content (AvgIpc) is 2.43. The summed E-state index contributed by atoms with van der Waals surface area (Å²) in [5, 5.41) is 0. The van der Waals surface area contributed by atoms with Crippen LogP contribution in [-0.2, 0) is 14.8 Å². The van der Waals surface area contributed by atoms with Gasteiger partial charge in [0.2, 0.25) is 10.0 Å². The molecular formula is C14H20N2O3S. The van der Waals surface area contributed by atoms with E-state index in [1.54, 1.807) is 18.2 Å². The van der Waals surface area contributed by atoms with Crippen LogP contribution >= 0.6 is 0 Å². The minimum absolute atomic E-state index is 0.256. The van der Waals surface area contributed by atoms with E-state index in [1.165, 1.54) is 18.5 Å². The van der Waals surface area contributed by atoms with E-state index >= 15 is 0 Å². The van der Waals surface area contributed by atoms with Crippen molar-refractivity contribution >= 4 is 10.0 Å². The molecule has 20 heavy (non-hydrogen) atoms. The Morgan fingerprint density at radius 2 is 2.10 bits per heavy atom. The summed E-state index contributed by atoms with van der Waals surface area (Å²) in [7, 11) is -0.420. The number of nitrogens with two attached hydrogens (primary N) is 1. The Hall–Kier alpha value is -1.39. The van der Waals surface area contributed by atoms with Crippen LogP contribution in [-0.4, -0.2) is 46.6 Å². The predicted octanol–water partition coefficient (Wildman–Crippen LogP) is 0.572. The second-order valence-corrected chi connectivity index (χ2v) is 6.35. The number of hydrogen-bond acceptors (Lipinski definition) is 4. The van der Waals surface area contributed by atoms with E-state index in [-0.39, 0.29) is 11.4 Å². The van der Waals surface area contributed by atoms with Gasteiger partial charge in [-0.25, -0.2) is 8.42 Å². The molecular weight excluding hydrogens is 276 g/mol. The number of benzene rings is 1. The molecule has 0 spiro atoms. The highest BCUT2D eigenvalue weighted by Gasteiger charge is 2.20. The number of ether oxygens (including phenoxy) is 1. The van der Waals surface area contributed by atoms with Gasteiger partial charge in [0.15, 0.2) is 0 Å². The summed E-state index contributed by atoms with van der Waals surface area (Å²) in [6.45, 7) is 2.77. The van der Waals surface area contributed by atoms with E-state index in [1.807, 2.05) is 6.92 Å². The second-order valence-electron chi connectivity index (χ2n) is 4.30. The Morgan fingerprint density at radius 3 is 2.65 bits per heavy atom. The predicted molar refractivity (Wildman–Crippen MR) is 78.8 cm³/mol. The number of rotatable bonds is 5. The highest BCUT2D eigenvalue weighted by molar-refractivity contribution is 7.89. The summed E-state index contributed by atoms with van der Waals surface area (Å²) in [6.07, 6.45) is 0. The Kier molecular flexibility index (Phi) is 6.17. The third-order valence-electron chi connectivity index (χ3n) is 2.84. The lowest BCUT2D eigenvalue weighted by Crippen LogP contribution is -2.30. The van der Waals surface area contributed by atoms with Crippen molar-refractivity contribution < 1.29 is 13.2 Å². The van der Waals surface area contributed by atoms with Gasteiger partial charge in [-0.3, -0.25) is 0 Å². The highest BCUT2D eigenvalue weighted by Crippen LogP contribution is 2.18. The normalized spacial score (nSPS) is 11.2. The lowest BCUT2D eigenvalue weighted by molar-refractivity contribution is 0.185. The summed E-state index contributed by atoms with van der Waals surface area (Å²) in [6, 6.07) is 4.89. The van der Waals surface area contributed by atoms with Gasteiger partial charge in [-0.05, 0) is 30.7 Å². The van der Waals surface area contributed by atoms with E-state index < -0.39 is 10.0 Å². The largest absolute Gasteiger partial charge is 0.383 e. The van der Waals surface area contributed by atoms with Crippen molar-refractivity contribution in [2.24, 2.45) is 5.73 Å². The Morgan fingerprint density at radius 1 is 1.40 bits per heavy atom. The fraction of sp³-hybridized carbons (Fsp3) is 0.429. The number of methoxy groups -OCH3 is 1. The van der Waals surface area contributed by atoms with Gasteiger partial charge in [0.25, 0.3) is 0 Å². The van der Waals surface area contributed by atoms with Crippen LogP contribution in [0.1, 0.15) is 11.1 Å². The van der Waals surface area contributed by atoms with Gasteiger partial charge in [-0.1, -0.05) is 11.8 Å². The zero-order chi connectivity index (χ0) is 15.2. The second kappa shape index (κ2) is 7.41. The Labute approximate surface area is 120 Å². The quantitative estimate of drug-likeness (QED) is 0.806. The first-order valence-corrected chi connectivity index (χ1v) is 7.62. The van der Waals surface area contributed by atoms with Crippen molar-refractivity contribution in [1.29, 1.82) is 0 Å². The number of likely N-dealkylation sites (N-methyl/N-ethyl adjacent to an activating group) is 1. The lowest BCUT2D eigenvalue weighted by Gasteiger charge is -2.17. The molecule has 2 N–H and O–H groups in total. The maximum atomic E-state index is 12.3. The average molecular weight is 296 g/mol. The maximum absolute atomic E-state index is 12.3. The van der Waals surface area contributed by atoms with Crippen molar-refractivity contribution in [3.8, 4) is 11.8 Å². The van der Waals surface area contributed by atoms with Gasteiger partial charge in [0, 0.05) is 26.3 Å². The van der Waals surface area contributed by atoms with Gasteiger partial charge in [-0.15, -0.1) is 0 Å². The van der Waals surface area contributed by atoms with Crippen LogP contribution in [0.3, 0.4) is 0 Å². The smallest absolute Gasteiger partial charge is 0.242 e. The summed E-state index contributed by atoms with van der Waals surface area (Å²) >= 11 is 0. The molecule has 0 unspecified atom stereocenters. The molecule has 6 heteroatoms. The van der Waals surface area contributed by atoms with Crippen molar-refractivity contribution in [2.75, 3.05) is 33.9 Å². The molecule has 0 saturated carbocycles. The van der Waals surface area contributed by atoms with Crippen LogP contribution in [0.2, 0.25) is 0 Å². The number of hydrogen-bond donors (Lipinski definition) is 1. The fourth-order valence-electron chi connectivity index (χ4n) is 1.60. The molecule has 0 radical (unpaired) electrons. The minimum Gasteiger partial charge on any atom is -0.383 e. The Balaban J connectivity index is 3.05. The molecule has 110 valence electrons. The SMILES string of the molecule is COCCN(C)S(=O)(=O)c1ccc(C#CCN)c(C)c1. The standard InChI is InChI=1S/C14H20N2O3S/c1-12-11-14(7-6-13(12)5-4-8-15)20(17,18)16(2)9-10-19-3/h6-7,11H,8-10,15H2,1-3H3. The number of sulfonamides is 1. The van der Waals surface area contributed by atoms with Crippen LogP contribution in [0, 0.1) is 18.8 Å². The molecule has 0 fully saturated rings. The van der Waals surface area contributed by atoms with Crippen molar-refractivity contribution in [3.63, 3.8) is 0 Å². The highest BCUT2D eigenvalue weighted by atomic mass is 32.2. The maximum Gasteiger partial charge on any atom is 0.242 e. The van der Waals surface area contributed by atoms with Crippen LogP contribution in [0.5, 0.6) is 0 Å². The van der Waals surface area contributed by atoms with E-state index in [4.69, 9.17) is 10.5 Å². The van der Waals surface area contributed by atoms with Gasteiger partial charge in [0.1, 0.15) is 0 Å². The third-order valence-corrected chi connectivity index (χ3v) is 4.69. The monoisotopic (exact) mass is 296 g/mol.